The van der Waals surface area contributed by atoms with Crippen molar-refractivity contribution in [3.8, 4) is 11.5 Å². The fraction of sp³-hybridized carbons (Fsp3) is 0. The molecule has 1 aromatic heterocycles. The second-order valence-electron chi connectivity index (χ2n) is 3.23. The van der Waals surface area contributed by atoms with Crippen LogP contribution >= 0.6 is 0 Å². The average Bonchev–Trinajstić information content (AvgIpc) is 2.78. The van der Waals surface area contributed by atoms with Crippen LogP contribution in [0, 0.1) is 21.7 Å². The summed E-state index contributed by atoms with van der Waals surface area (Å²) >= 11 is 0. The fourth-order valence-corrected chi connectivity index (χ4v) is 1.29. The Morgan fingerprint density at radius 2 is 2.05 bits per heavy atom. The van der Waals surface area contributed by atoms with Gasteiger partial charge in [0.05, 0.1) is 4.92 Å². The van der Waals surface area contributed by atoms with Crippen LogP contribution in [0.1, 0.15) is 10.7 Å². The Morgan fingerprint density at radius 3 is 2.58 bits per heavy atom. The molecule has 0 aliphatic carbocycles. The van der Waals surface area contributed by atoms with Gasteiger partial charge in [-0.15, -0.1) is 10.2 Å². The summed E-state index contributed by atoms with van der Waals surface area (Å²) in [5, 5.41) is 25.2. The Bertz CT molecular complexity index is 684. The molecule has 1 aromatic carbocycles. The molecule has 0 unspecified atom stereocenters. The van der Waals surface area contributed by atoms with Crippen molar-refractivity contribution in [1.82, 2.24) is 10.2 Å². The molecule has 0 fully saturated rings. The Balaban J connectivity index is 2.63. The summed E-state index contributed by atoms with van der Waals surface area (Å²) in [6.07, 6.45) is 0. The number of carboxylic acids is 1. The first-order valence-corrected chi connectivity index (χ1v) is 4.61. The van der Waals surface area contributed by atoms with E-state index in [2.05, 4.69) is 14.6 Å². The number of hydrogen-bond donors (Lipinski definition) is 1. The van der Waals surface area contributed by atoms with Crippen LogP contribution in [-0.2, 0) is 0 Å². The van der Waals surface area contributed by atoms with Gasteiger partial charge in [0.2, 0.25) is 5.82 Å². The van der Waals surface area contributed by atoms with E-state index in [4.69, 9.17) is 5.11 Å². The lowest BCUT2D eigenvalue weighted by Gasteiger charge is -2.00. The van der Waals surface area contributed by atoms with Crippen LogP contribution in [0.4, 0.5) is 14.5 Å². The van der Waals surface area contributed by atoms with Crippen LogP contribution in [0.5, 0.6) is 0 Å². The minimum atomic E-state index is -1.59. The van der Waals surface area contributed by atoms with Crippen molar-refractivity contribution in [2.45, 2.75) is 0 Å². The summed E-state index contributed by atoms with van der Waals surface area (Å²) in [7, 11) is 0. The molecule has 0 atom stereocenters. The first-order chi connectivity index (χ1) is 8.91. The number of nitro benzene ring substituents is 1. The SMILES string of the molecule is O=C(O)c1nnc(-c2c(F)ccc([N+](=O)[O-])c2F)o1. The van der Waals surface area contributed by atoms with Crippen molar-refractivity contribution >= 4 is 11.7 Å². The number of aromatic nitrogens is 2. The van der Waals surface area contributed by atoms with Crippen molar-refractivity contribution in [1.29, 1.82) is 0 Å². The van der Waals surface area contributed by atoms with E-state index >= 15 is 0 Å². The second kappa shape index (κ2) is 4.40. The minimum absolute atomic E-state index is 0.628. The molecule has 0 radical (unpaired) electrons. The maximum Gasteiger partial charge on any atom is 0.393 e. The van der Waals surface area contributed by atoms with Gasteiger partial charge in [0, 0.05) is 6.07 Å². The molecule has 0 amide bonds. The van der Waals surface area contributed by atoms with Gasteiger partial charge < -0.3 is 9.52 Å². The van der Waals surface area contributed by atoms with Crippen LogP contribution in [0.3, 0.4) is 0 Å². The summed E-state index contributed by atoms with van der Waals surface area (Å²) in [6, 6.07) is 1.27. The van der Waals surface area contributed by atoms with Crippen molar-refractivity contribution in [3.05, 3.63) is 39.8 Å². The number of rotatable bonds is 3. The van der Waals surface area contributed by atoms with E-state index in [0.29, 0.717) is 12.1 Å². The topological polar surface area (TPSA) is 119 Å². The van der Waals surface area contributed by atoms with Crippen molar-refractivity contribution in [2.75, 3.05) is 0 Å². The van der Waals surface area contributed by atoms with Gasteiger partial charge in [0.1, 0.15) is 11.4 Å². The third-order valence-corrected chi connectivity index (χ3v) is 2.09. The number of halogens is 2. The maximum absolute atomic E-state index is 13.7. The van der Waals surface area contributed by atoms with Gasteiger partial charge in [0.15, 0.2) is 0 Å². The van der Waals surface area contributed by atoms with E-state index in [1.165, 1.54) is 0 Å². The zero-order chi connectivity index (χ0) is 14.2. The normalized spacial score (nSPS) is 10.4. The standard InChI is InChI=1S/C9H3F2N3O5/c10-3-1-2-4(14(17)18)6(11)5(3)7-12-13-8(19-7)9(15)16/h1-2H,(H,15,16). The quantitative estimate of drug-likeness (QED) is 0.665. The first-order valence-electron chi connectivity index (χ1n) is 4.61. The molecule has 2 aromatic rings. The Kier molecular flexibility index (Phi) is 2.91. The Hall–Kier alpha value is -2.91. The molecule has 0 saturated heterocycles. The molecule has 2 rings (SSSR count). The van der Waals surface area contributed by atoms with E-state index < -0.39 is 45.6 Å². The monoisotopic (exact) mass is 271 g/mol. The van der Waals surface area contributed by atoms with E-state index in [1.54, 1.807) is 0 Å². The molecular formula is C9H3F2N3O5. The third-order valence-electron chi connectivity index (χ3n) is 2.09. The first kappa shape index (κ1) is 12.5. The van der Waals surface area contributed by atoms with Crippen LogP contribution in [0.2, 0.25) is 0 Å². The third kappa shape index (κ3) is 2.10. The summed E-state index contributed by atoms with van der Waals surface area (Å²) in [4.78, 5) is 19.9. The van der Waals surface area contributed by atoms with E-state index in [1.807, 2.05) is 0 Å². The second-order valence-corrected chi connectivity index (χ2v) is 3.23. The highest BCUT2D eigenvalue weighted by Gasteiger charge is 2.27. The smallest absolute Gasteiger partial charge is 0.393 e. The molecule has 1 heterocycles. The van der Waals surface area contributed by atoms with Gasteiger partial charge in [-0.05, 0) is 6.07 Å². The van der Waals surface area contributed by atoms with Gasteiger partial charge in [-0.1, -0.05) is 0 Å². The van der Waals surface area contributed by atoms with Crippen LogP contribution < -0.4 is 0 Å². The van der Waals surface area contributed by atoms with Crippen molar-refractivity contribution in [2.24, 2.45) is 0 Å². The number of benzene rings is 1. The highest BCUT2D eigenvalue weighted by atomic mass is 19.1. The lowest BCUT2D eigenvalue weighted by molar-refractivity contribution is -0.387. The number of hydrogen-bond acceptors (Lipinski definition) is 6. The molecule has 8 nitrogen and oxygen atoms in total. The number of nitro groups is 1. The Morgan fingerprint density at radius 1 is 1.37 bits per heavy atom. The molecule has 0 aliphatic rings. The van der Waals surface area contributed by atoms with Crippen molar-refractivity contribution < 1.29 is 28.0 Å². The number of carboxylic acid groups (broad SMARTS) is 1. The molecule has 0 spiro atoms. The molecule has 0 aliphatic heterocycles. The van der Waals surface area contributed by atoms with Crippen LogP contribution in [-0.4, -0.2) is 26.2 Å². The molecule has 19 heavy (non-hydrogen) atoms. The molecule has 0 saturated carbocycles. The summed E-state index contributed by atoms with van der Waals surface area (Å²) in [6.45, 7) is 0. The van der Waals surface area contributed by atoms with E-state index in [0.717, 1.165) is 0 Å². The number of carbonyl (C=O) groups is 1. The number of nitrogens with zero attached hydrogens (tertiary/aromatic N) is 3. The zero-order valence-electron chi connectivity index (χ0n) is 8.83. The van der Waals surface area contributed by atoms with Gasteiger partial charge >= 0.3 is 17.5 Å². The molecular weight excluding hydrogens is 268 g/mol. The maximum atomic E-state index is 13.7. The zero-order valence-corrected chi connectivity index (χ0v) is 8.83. The highest BCUT2D eigenvalue weighted by Crippen LogP contribution is 2.30. The molecule has 1 N–H and O–H groups in total. The predicted octanol–water partition coefficient (Wildman–Crippen LogP) is 1.62. The number of aromatic carboxylic acids is 1. The molecule has 98 valence electrons. The van der Waals surface area contributed by atoms with E-state index in [9.17, 15) is 23.7 Å². The minimum Gasteiger partial charge on any atom is -0.474 e. The largest absolute Gasteiger partial charge is 0.474 e. The molecule has 0 bridgehead atoms. The van der Waals surface area contributed by atoms with E-state index in [-0.39, 0.29) is 0 Å². The summed E-state index contributed by atoms with van der Waals surface area (Å²) < 4.78 is 31.7. The summed E-state index contributed by atoms with van der Waals surface area (Å²) in [5.74, 6) is -5.99. The van der Waals surface area contributed by atoms with Gasteiger partial charge in [-0.3, -0.25) is 10.1 Å². The van der Waals surface area contributed by atoms with Crippen LogP contribution in [0.15, 0.2) is 16.5 Å². The lowest BCUT2D eigenvalue weighted by Crippen LogP contribution is -1.98. The van der Waals surface area contributed by atoms with Gasteiger partial charge in [0.25, 0.3) is 5.89 Å². The van der Waals surface area contributed by atoms with Crippen molar-refractivity contribution in [3.63, 3.8) is 0 Å². The van der Waals surface area contributed by atoms with Gasteiger partial charge in [-0.25, -0.2) is 9.18 Å². The average molecular weight is 271 g/mol. The van der Waals surface area contributed by atoms with Crippen LogP contribution in [0.25, 0.3) is 11.5 Å². The fourth-order valence-electron chi connectivity index (χ4n) is 1.29. The lowest BCUT2D eigenvalue weighted by atomic mass is 10.1. The predicted molar refractivity (Wildman–Crippen MR) is 53.3 cm³/mol. The summed E-state index contributed by atoms with van der Waals surface area (Å²) in [5.41, 5.74) is -1.94. The Labute approximate surface area is 102 Å². The molecule has 10 heteroatoms. The highest BCUT2D eigenvalue weighted by molar-refractivity contribution is 5.82. The van der Waals surface area contributed by atoms with Gasteiger partial charge in [-0.2, -0.15) is 4.39 Å².